The van der Waals surface area contributed by atoms with E-state index in [0.717, 1.165) is 58.5 Å². The molecule has 0 aliphatic carbocycles. The maximum atomic E-state index is 11.4. The van der Waals surface area contributed by atoms with Crippen molar-refractivity contribution in [3.63, 3.8) is 0 Å². The number of carboxylic acid groups (broad SMARTS) is 1. The zero-order chi connectivity index (χ0) is 14.2. The van der Waals surface area contributed by atoms with E-state index in [1.54, 1.807) is 0 Å². The SMILES string of the molecule is CC1(C(=O)O)CCN(C2CCOC3(CCOCC3)C2)C1. The van der Waals surface area contributed by atoms with Crippen LogP contribution in [0, 0.1) is 5.41 Å². The quantitative estimate of drug-likeness (QED) is 0.832. The number of rotatable bonds is 2. The molecule has 0 aromatic rings. The monoisotopic (exact) mass is 283 g/mol. The van der Waals surface area contributed by atoms with Crippen molar-refractivity contribution in [2.75, 3.05) is 32.9 Å². The fourth-order valence-corrected chi connectivity index (χ4v) is 3.89. The molecule has 0 radical (unpaired) electrons. The lowest BCUT2D eigenvalue weighted by Gasteiger charge is -2.45. The summed E-state index contributed by atoms with van der Waals surface area (Å²) in [5, 5.41) is 9.36. The highest BCUT2D eigenvalue weighted by Gasteiger charge is 2.46. The van der Waals surface area contributed by atoms with Gasteiger partial charge < -0.3 is 14.6 Å². The van der Waals surface area contributed by atoms with Gasteiger partial charge in [-0.15, -0.1) is 0 Å². The molecule has 1 N–H and O–H groups in total. The number of hydrogen-bond donors (Lipinski definition) is 1. The average Bonchev–Trinajstić information content (AvgIpc) is 2.84. The van der Waals surface area contributed by atoms with E-state index < -0.39 is 11.4 Å². The molecule has 3 aliphatic heterocycles. The van der Waals surface area contributed by atoms with E-state index in [-0.39, 0.29) is 5.60 Å². The van der Waals surface area contributed by atoms with Gasteiger partial charge in [-0.05, 0) is 45.6 Å². The van der Waals surface area contributed by atoms with Gasteiger partial charge in [0.05, 0.1) is 11.0 Å². The van der Waals surface area contributed by atoms with Gasteiger partial charge in [-0.3, -0.25) is 9.69 Å². The molecule has 0 bridgehead atoms. The summed E-state index contributed by atoms with van der Waals surface area (Å²) in [7, 11) is 0. The molecule has 5 heteroatoms. The third-order valence-electron chi connectivity index (χ3n) is 5.41. The molecular weight excluding hydrogens is 258 g/mol. The highest BCUT2D eigenvalue weighted by atomic mass is 16.5. The second-order valence-electron chi connectivity index (χ2n) is 6.88. The predicted octanol–water partition coefficient (Wildman–Crippen LogP) is 1.51. The summed E-state index contributed by atoms with van der Waals surface area (Å²) >= 11 is 0. The Balaban J connectivity index is 1.64. The minimum Gasteiger partial charge on any atom is -0.481 e. The van der Waals surface area contributed by atoms with Crippen molar-refractivity contribution in [2.45, 2.75) is 50.7 Å². The molecule has 3 saturated heterocycles. The minimum absolute atomic E-state index is 0.0105. The molecular formula is C15H25NO4. The molecule has 0 aromatic carbocycles. The Kier molecular flexibility index (Phi) is 3.77. The van der Waals surface area contributed by atoms with Crippen LogP contribution < -0.4 is 0 Å². The first kappa shape index (κ1) is 14.3. The molecule has 20 heavy (non-hydrogen) atoms. The van der Waals surface area contributed by atoms with Gasteiger partial charge in [0, 0.05) is 32.4 Å². The van der Waals surface area contributed by atoms with Gasteiger partial charge in [-0.25, -0.2) is 0 Å². The molecule has 2 unspecified atom stereocenters. The fraction of sp³-hybridized carbons (Fsp3) is 0.933. The second kappa shape index (κ2) is 5.28. The number of nitrogens with zero attached hydrogens (tertiary/aromatic N) is 1. The van der Waals surface area contributed by atoms with Crippen molar-refractivity contribution < 1.29 is 19.4 Å². The standard InChI is InChI=1S/C15H25NO4/c1-14(13(17)18)3-6-16(11-14)12-2-7-20-15(10-12)4-8-19-9-5-15/h12H,2-11H2,1H3,(H,17,18). The van der Waals surface area contributed by atoms with Gasteiger partial charge in [-0.2, -0.15) is 0 Å². The third-order valence-corrected chi connectivity index (χ3v) is 5.41. The Bertz CT molecular complexity index is 375. The molecule has 0 amide bonds. The average molecular weight is 283 g/mol. The molecule has 5 nitrogen and oxygen atoms in total. The second-order valence-corrected chi connectivity index (χ2v) is 6.88. The van der Waals surface area contributed by atoms with Gasteiger partial charge in [-0.1, -0.05) is 0 Å². The topological polar surface area (TPSA) is 59.0 Å². The fourth-order valence-electron chi connectivity index (χ4n) is 3.89. The van der Waals surface area contributed by atoms with E-state index in [1.165, 1.54) is 0 Å². The van der Waals surface area contributed by atoms with Crippen LogP contribution in [0.1, 0.15) is 39.0 Å². The van der Waals surface area contributed by atoms with Crippen LogP contribution >= 0.6 is 0 Å². The van der Waals surface area contributed by atoms with Gasteiger partial charge in [0.25, 0.3) is 0 Å². The van der Waals surface area contributed by atoms with Crippen LogP contribution in [-0.2, 0) is 14.3 Å². The van der Waals surface area contributed by atoms with Gasteiger partial charge in [0.2, 0.25) is 0 Å². The van der Waals surface area contributed by atoms with Gasteiger partial charge in [0.15, 0.2) is 0 Å². The van der Waals surface area contributed by atoms with E-state index >= 15 is 0 Å². The van der Waals surface area contributed by atoms with Crippen molar-refractivity contribution in [3.8, 4) is 0 Å². The molecule has 0 aromatic heterocycles. The molecule has 1 spiro atoms. The highest BCUT2D eigenvalue weighted by molar-refractivity contribution is 5.74. The number of hydrogen-bond acceptors (Lipinski definition) is 4. The lowest BCUT2D eigenvalue weighted by Crippen LogP contribution is -2.51. The Labute approximate surface area is 120 Å². The Hall–Kier alpha value is -0.650. The summed E-state index contributed by atoms with van der Waals surface area (Å²) in [6.45, 7) is 5.84. The first-order valence-electron chi connectivity index (χ1n) is 7.72. The van der Waals surface area contributed by atoms with Crippen molar-refractivity contribution >= 4 is 5.97 Å². The maximum absolute atomic E-state index is 11.4. The van der Waals surface area contributed by atoms with Gasteiger partial charge in [0.1, 0.15) is 0 Å². The minimum atomic E-state index is -0.659. The Morgan fingerprint density at radius 2 is 2.00 bits per heavy atom. The summed E-state index contributed by atoms with van der Waals surface area (Å²) in [6, 6.07) is 0.475. The van der Waals surface area contributed by atoms with E-state index in [4.69, 9.17) is 9.47 Å². The van der Waals surface area contributed by atoms with Crippen molar-refractivity contribution in [1.29, 1.82) is 0 Å². The molecule has 114 valence electrons. The zero-order valence-corrected chi connectivity index (χ0v) is 12.3. The lowest BCUT2D eigenvalue weighted by atomic mass is 9.83. The van der Waals surface area contributed by atoms with Crippen LogP contribution in [0.4, 0.5) is 0 Å². The third kappa shape index (κ3) is 2.59. The first-order chi connectivity index (χ1) is 9.53. The molecule has 0 saturated carbocycles. The van der Waals surface area contributed by atoms with Crippen molar-refractivity contribution in [2.24, 2.45) is 5.41 Å². The summed E-state index contributed by atoms with van der Waals surface area (Å²) in [6.07, 6.45) is 4.78. The summed E-state index contributed by atoms with van der Waals surface area (Å²) < 4.78 is 11.5. The number of ether oxygens (including phenoxy) is 2. The first-order valence-corrected chi connectivity index (χ1v) is 7.72. The number of carbonyl (C=O) groups is 1. The summed E-state index contributed by atoms with van der Waals surface area (Å²) in [4.78, 5) is 13.8. The number of likely N-dealkylation sites (tertiary alicyclic amines) is 1. The van der Waals surface area contributed by atoms with Gasteiger partial charge >= 0.3 is 5.97 Å². The molecule has 3 aliphatic rings. The van der Waals surface area contributed by atoms with Crippen molar-refractivity contribution in [3.05, 3.63) is 0 Å². The smallest absolute Gasteiger partial charge is 0.310 e. The lowest BCUT2D eigenvalue weighted by molar-refractivity contribution is -0.152. The zero-order valence-electron chi connectivity index (χ0n) is 12.3. The van der Waals surface area contributed by atoms with E-state index in [0.29, 0.717) is 12.6 Å². The van der Waals surface area contributed by atoms with E-state index in [9.17, 15) is 9.90 Å². The molecule has 3 fully saturated rings. The molecule has 3 rings (SSSR count). The van der Waals surface area contributed by atoms with Crippen molar-refractivity contribution in [1.82, 2.24) is 4.90 Å². The maximum Gasteiger partial charge on any atom is 0.310 e. The van der Waals surface area contributed by atoms with E-state index in [1.807, 2.05) is 6.92 Å². The number of aliphatic carboxylic acids is 1. The predicted molar refractivity (Wildman–Crippen MR) is 73.7 cm³/mol. The normalized spacial score (nSPS) is 38.1. The van der Waals surface area contributed by atoms with Crippen LogP contribution in [-0.4, -0.2) is 60.5 Å². The van der Waals surface area contributed by atoms with Crippen LogP contribution in [0.15, 0.2) is 0 Å². The molecule has 2 atom stereocenters. The summed E-state index contributed by atoms with van der Waals surface area (Å²) in [5.74, 6) is -0.659. The molecule has 3 heterocycles. The van der Waals surface area contributed by atoms with Crippen LogP contribution in [0.5, 0.6) is 0 Å². The van der Waals surface area contributed by atoms with Crippen LogP contribution in [0.2, 0.25) is 0 Å². The summed E-state index contributed by atoms with van der Waals surface area (Å²) in [5.41, 5.74) is -0.579. The largest absolute Gasteiger partial charge is 0.481 e. The number of carboxylic acids is 1. The van der Waals surface area contributed by atoms with Crippen LogP contribution in [0.3, 0.4) is 0 Å². The Morgan fingerprint density at radius 3 is 2.65 bits per heavy atom. The highest BCUT2D eigenvalue weighted by Crippen LogP contribution is 2.39. The van der Waals surface area contributed by atoms with E-state index in [2.05, 4.69) is 4.90 Å². The Morgan fingerprint density at radius 1 is 1.25 bits per heavy atom. The van der Waals surface area contributed by atoms with Crippen LogP contribution in [0.25, 0.3) is 0 Å².